The van der Waals surface area contributed by atoms with Gasteiger partial charge in [0.2, 0.25) is 10.0 Å². The fourth-order valence-corrected chi connectivity index (χ4v) is 3.22. The molecule has 0 spiro atoms. The van der Waals surface area contributed by atoms with Crippen LogP contribution in [0.2, 0.25) is 0 Å². The predicted octanol–water partition coefficient (Wildman–Crippen LogP) is 2.31. The van der Waals surface area contributed by atoms with E-state index in [1.807, 2.05) is 19.0 Å². The van der Waals surface area contributed by atoms with Crippen molar-refractivity contribution in [3.8, 4) is 0 Å². The molecule has 1 unspecified atom stereocenters. The highest BCUT2D eigenvalue weighted by Gasteiger charge is 2.20. The average Bonchev–Trinajstić information content (AvgIpc) is 2.28. The Kier molecular flexibility index (Phi) is 5.98. The molecule has 0 aliphatic heterocycles. The molecular formula is C13H21BrN2O2S. The Morgan fingerprint density at radius 3 is 2.16 bits per heavy atom. The zero-order chi connectivity index (χ0) is 14.6. The first-order valence-electron chi connectivity index (χ1n) is 6.15. The Labute approximate surface area is 124 Å². The molecule has 108 valence electrons. The minimum absolute atomic E-state index is 0.172. The van der Waals surface area contributed by atoms with Crippen LogP contribution < -0.4 is 4.72 Å². The number of nitrogens with zero attached hydrogens (tertiary/aromatic N) is 1. The molecule has 0 bridgehead atoms. The van der Waals surface area contributed by atoms with Crippen LogP contribution in [0.1, 0.15) is 13.8 Å². The molecule has 1 aromatic carbocycles. The highest BCUT2D eigenvalue weighted by Crippen LogP contribution is 2.15. The number of sulfonamides is 1. The van der Waals surface area contributed by atoms with E-state index in [0.29, 0.717) is 12.5 Å². The quantitative estimate of drug-likeness (QED) is 0.858. The van der Waals surface area contributed by atoms with Crippen molar-refractivity contribution in [3.05, 3.63) is 28.7 Å². The maximum Gasteiger partial charge on any atom is 0.240 e. The maximum absolute atomic E-state index is 12.1. The first-order valence-corrected chi connectivity index (χ1v) is 8.43. The van der Waals surface area contributed by atoms with Crippen LogP contribution in [0.5, 0.6) is 0 Å². The number of nitrogens with one attached hydrogen (secondary N) is 1. The zero-order valence-electron chi connectivity index (χ0n) is 11.7. The van der Waals surface area contributed by atoms with Crippen LogP contribution in [0.3, 0.4) is 0 Å². The molecule has 19 heavy (non-hydrogen) atoms. The number of hydrogen-bond donors (Lipinski definition) is 1. The molecule has 0 aliphatic carbocycles. The smallest absolute Gasteiger partial charge is 0.240 e. The summed E-state index contributed by atoms with van der Waals surface area (Å²) in [5.41, 5.74) is 0. The van der Waals surface area contributed by atoms with Crippen molar-refractivity contribution in [2.45, 2.75) is 24.8 Å². The molecule has 1 N–H and O–H groups in total. The van der Waals surface area contributed by atoms with Gasteiger partial charge in [-0.25, -0.2) is 13.1 Å². The zero-order valence-corrected chi connectivity index (χ0v) is 14.1. The first-order chi connectivity index (χ1) is 8.74. The van der Waals surface area contributed by atoms with Crippen molar-refractivity contribution < 1.29 is 8.42 Å². The lowest BCUT2D eigenvalue weighted by molar-refractivity contribution is 0.233. The van der Waals surface area contributed by atoms with E-state index in [1.165, 1.54) is 0 Å². The van der Waals surface area contributed by atoms with Gasteiger partial charge in [0.15, 0.2) is 0 Å². The van der Waals surface area contributed by atoms with Gasteiger partial charge < -0.3 is 4.90 Å². The van der Waals surface area contributed by atoms with Gasteiger partial charge in [-0.2, -0.15) is 0 Å². The fourth-order valence-electron chi connectivity index (χ4n) is 1.91. The molecule has 1 atom stereocenters. The number of hydrogen-bond acceptors (Lipinski definition) is 3. The summed E-state index contributed by atoms with van der Waals surface area (Å²) in [6.07, 6.45) is 0. The molecule has 0 aliphatic rings. The molecule has 0 saturated heterocycles. The summed E-state index contributed by atoms with van der Waals surface area (Å²) in [6, 6.07) is 6.80. The standard InChI is InChI=1S/C13H21BrN2O2S/c1-10(2)13(16(3)4)9-15-19(17,18)12-7-5-11(14)6-8-12/h5-8,10,13,15H,9H2,1-4H3. The average molecular weight is 349 g/mol. The number of rotatable bonds is 6. The molecule has 6 heteroatoms. The molecule has 0 amide bonds. The van der Waals surface area contributed by atoms with E-state index in [4.69, 9.17) is 0 Å². The third kappa shape index (κ3) is 4.87. The number of likely N-dealkylation sites (N-methyl/N-ethyl adjacent to an activating group) is 1. The third-order valence-electron chi connectivity index (χ3n) is 3.04. The van der Waals surface area contributed by atoms with Crippen LogP contribution in [0.4, 0.5) is 0 Å². The molecule has 4 nitrogen and oxygen atoms in total. The van der Waals surface area contributed by atoms with Gasteiger partial charge >= 0.3 is 0 Å². The summed E-state index contributed by atoms with van der Waals surface area (Å²) in [5.74, 6) is 0.377. The summed E-state index contributed by atoms with van der Waals surface area (Å²) in [4.78, 5) is 2.33. The topological polar surface area (TPSA) is 49.4 Å². The van der Waals surface area contributed by atoms with Crippen LogP contribution in [-0.2, 0) is 10.0 Å². The lowest BCUT2D eigenvalue weighted by Gasteiger charge is -2.28. The monoisotopic (exact) mass is 348 g/mol. The van der Waals surface area contributed by atoms with E-state index in [2.05, 4.69) is 34.5 Å². The second kappa shape index (κ2) is 6.83. The predicted molar refractivity (Wildman–Crippen MR) is 81.6 cm³/mol. The first kappa shape index (κ1) is 16.6. The van der Waals surface area contributed by atoms with Crippen LogP contribution in [-0.4, -0.2) is 40.0 Å². The largest absolute Gasteiger partial charge is 0.305 e. The second-order valence-electron chi connectivity index (χ2n) is 5.08. The summed E-state index contributed by atoms with van der Waals surface area (Å²) in [6.45, 7) is 4.57. The van der Waals surface area contributed by atoms with Gasteiger partial charge in [0.05, 0.1) is 4.90 Å². The summed E-state index contributed by atoms with van der Waals surface area (Å²) < 4.78 is 27.8. The molecule has 0 fully saturated rings. The van der Waals surface area contributed by atoms with Crippen molar-refractivity contribution >= 4 is 26.0 Å². The van der Waals surface area contributed by atoms with Crippen LogP contribution in [0.25, 0.3) is 0 Å². The Balaban J connectivity index is 2.78. The van der Waals surface area contributed by atoms with E-state index < -0.39 is 10.0 Å². The van der Waals surface area contributed by atoms with E-state index >= 15 is 0 Å². The molecule has 0 aromatic heterocycles. The minimum Gasteiger partial charge on any atom is -0.305 e. The van der Waals surface area contributed by atoms with Gasteiger partial charge in [-0.05, 0) is 44.3 Å². The van der Waals surface area contributed by atoms with Gasteiger partial charge in [-0.15, -0.1) is 0 Å². The van der Waals surface area contributed by atoms with Crippen molar-refractivity contribution in [2.75, 3.05) is 20.6 Å². The lowest BCUT2D eigenvalue weighted by atomic mass is 10.0. The van der Waals surface area contributed by atoms with Gasteiger partial charge in [0.25, 0.3) is 0 Å². The molecule has 1 rings (SSSR count). The van der Waals surface area contributed by atoms with Gasteiger partial charge in [-0.1, -0.05) is 29.8 Å². The van der Waals surface area contributed by atoms with Crippen molar-refractivity contribution in [3.63, 3.8) is 0 Å². The van der Waals surface area contributed by atoms with Gasteiger partial charge in [-0.3, -0.25) is 0 Å². The summed E-state index contributed by atoms with van der Waals surface area (Å²) in [5, 5.41) is 0. The lowest BCUT2D eigenvalue weighted by Crippen LogP contribution is -2.43. The van der Waals surface area contributed by atoms with Crippen molar-refractivity contribution in [2.24, 2.45) is 5.92 Å². The molecule has 0 saturated carbocycles. The van der Waals surface area contributed by atoms with Crippen LogP contribution in [0, 0.1) is 5.92 Å². The Morgan fingerprint density at radius 1 is 1.21 bits per heavy atom. The Morgan fingerprint density at radius 2 is 1.74 bits per heavy atom. The van der Waals surface area contributed by atoms with Gasteiger partial charge in [0, 0.05) is 17.1 Å². The van der Waals surface area contributed by atoms with E-state index in [9.17, 15) is 8.42 Å². The van der Waals surface area contributed by atoms with Crippen molar-refractivity contribution in [1.29, 1.82) is 0 Å². The molecule has 0 radical (unpaired) electrons. The highest BCUT2D eigenvalue weighted by molar-refractivity contribution is 9.10. The SMILES string of the molecule is CC(C)C(CNS(=O)(=O)c1ccc(Br)cc1)N(C)C. The van der Waals surface area contributed by atoms with Crippen LogP contribution in [0.15, 0.2) is 33.6 Å². The van der Waals surface area contributed by atoms with Gasteiger partial charge in [0.1, 0.15) is 0 Å². The molecule has 0 heterocycles. The Bertz CT molecular complexity index is 490. The summed E-state index contributed by atoms with van der Waals surface area (Å²) >= 11 is 3.29. The third-order valence-corrected chi connectivity index (χ3v) is 5.01. The minimum atomic E-state index is -3.44. The fraction of sp³-hybridized carbons (Fsp3) is 0.538. The highest BCUT2D eigenvalue weighted by atomic mass is 79.9. The normalized spacial score (nSPS) is 14.1. The Hall–Kier alpha value is -0.430. The molecular weight excluding hydrogens is 328 g/mol. The number of halogens is 1. The van der Waals surface area contributed by atoms with Crippen LogP contribution >= 0.6 is 15.9 Å². The number of benzene rings is 1. The second-order valence-corrected chi connectivity index (χ2v) is 7.76. The van der Waals surface area contributed by atoms with Crippen molar-refractivity contribution in [1.82, 2.24) is 9.62 Å². The summed E-state index contributed by atoms with van der Waals surface area (Å²) in [7, 11) is 0.477. The van der Waals surface area contributed by atoms with E-state index in [0.717, 1.165) is 4.47 Å². The molecule has 1 aromatic rings. The van der Waals surface area contributed by atoms with E-state index in [1.54, 1.807) is 24.3 Å². The van der Waals surface area contributed by atoms with E-state index in [-0.39, 0.29) is 10.9 Å². The maximum atomic E-state index is 12.1.